The third kappa shape index (κ3) is 7.51. The number of hydrogen-bond donors (Lipinski definition) is 2. The number of carboxylic acid groups (broad SMARTS) is 1. The van der Waals surface area contributed by atoms with E-state index in [0.29, 0.717) is 37.3 Å². The number of anilines is 1. The first-order valence-corrected chi connectivity index (χ1v) is 14.0. The predicted molar refractivity (Wildman–Crippen MR) is 161 cm³/mol. The molecule has 43 heavy (non-hydrogen) atoms. The number of carbonyl (C=O) groups is 3. The van der Waals surface area contributed by atoms with Gasteiger partial charge in [-0.25, -0.2) is 9.18 Å². The fraction of sp³-hybridized carbons (Fsp3) is 0.206. The molecule has 1 aliphatic heterocycles. The summed E-state index contributed by atoms with van der Waals surface area (Å²) in [4.78, 5) is 41.3. The first kappa shape index (κ1) is 29.6. The third-order valence-electron chi connectivity index (χ3n) is 7.42. The number of hydrogen-bond acceptors (Lipinski definition) is 5. The highest BCUT2D eigenvalue weighted by Crippen LogP contribution is 2.29. The topological polar surface area (TPSA) is 99.2 Å². The van der Waals surface area contributed by atoms with Gasteiger partial charge in [-0.1, -0.05) is 78.9 Å². The third-order valence-corrected chi connectivity index (χ3v) is 7.42. The van der Waals surface area contributed by atoms with Gasteiger partial charge < -0.3 is 20.1 Å². The van der Waals surface area contributed by atoms with Crippen molar-refractivity contribution < 1.29 is 28.6 Å². The summed E-state index contributed by atoms with van der Waals surface area (Å²) in [5.41, 5.74) is 3.57. The number of piperazine rings is 1. The van der Waals surface area contributed by atoms with E-state index in [1.54, 1.807) is 23.1 Å². The van der Waals surface area contributed by atoms with Gasteiger partial charge in [0.2, 0.25) is 11.8 Å². The second-order valence-electron chi connectivity index (χ2n) is 10.3. The average Bonchev–Trinajstić information content (AvgIpc) is 3.03. The molecule has 2 amide bonds. The molecule has 0 spiro atoms. The zero-order valence-electron chi connectivity index (χ0n) is 23.5. The van der Waals surface area contributed by atoms with Gasteiger partial charge in [0.25, 0.3) is 0 Å². The van der Waals surface area contributed by atoms with Gasteiger partial charge in [-0.2, -0.15) is 0 Å². The summed E-state index contributed by atoms with van der Waals surface area (Å²) in [7, 11) is 0. The molecule has 8 nitrogen and oxygen atoms in total. The van der Waals surface area contributed by atoms with Crippen molar-refractivity contribution in [1.29, 1.82) is 0 Å². The van der Waals surface area contributed by atoms with Crippen LogP contribution < -0.4 is 5.32 Å². The molecule has 0 aromatic heterocycles. The van der Waals surface area contributed by atoms with Crippen LogP contribution in [0.1, 0.15) is 27.5 Å². The van der Waals surface area contributed by atoms with Gasteiger partial charge in [0.15, 0.2) is 0 Å². The lowest BCUT2D eigenvalue weighted by molar-refractivity contribution is -0.139. The highest BCUT2D eigenvalue weighted by Gasteiger charge is 2.28. The highest BCUT2D eigenvalue weighted by atomic mass is 19.1. The van der Waals surface area contributed by atoms with Crippen LogP contribution in [0.4, 0.5) is 10.1 Å². The van der Waals surface area contributed by atoms with Gasteiger partial charge >= 0.3 is 5.97 Å². The Hall–Kier alpha value is -4.86. The van der Waals surface area contributed by atoms with Crippen LogP contribution in [0.3, 0.4) is 0 Å². The maximum atomic E-state index is 13.3. The largest absolute Gasteiger partial charge is 0.478 e. The average molecular weight is 582 g/mol. The molecule has 220 valence electrons. The highest BCUT2D eigenvalue weighted by molar-refractivity contribution is 6.02. The molecule has 1 aliphatic rings. The number of carboxylic acids is 1. The first-order valence-electron chi connectivity index (χ1n) is 14.0. The van der Waals surface area contributed by atoms with Gasteiger partial charge in [0.1, 0.15) is 19.0 Å². The molecule has 0 radical (unpaired) electrons. The van der Waals surface area contributed by atoms with Crippen molar-refractivity contribution in [3.8, 4) is 11.1 Å². The van der Waals surface area contributed by atoms with E-state index in [4.69, 9.17) is 4.74 Å². The summed E-state index contributed by atoms with van der Waals surface area (Å²) in [6, 6.07) is 30.9. The fourth-order valence-corrected chi connectivity index (χ4v) is 5.27. The molecule has 1 heterocycles. The summed E-state index contributed by atoms with van der Waals surface area (Å²) in [5, 5.41) is 12.2. The lowest BCUT2D eigenvalue weighted by Gasteiger charge is -2.39. The molecule has 0 bridgehead atoms. The summed E-state index contributed by atoms with van der Waals surface area (Å²) in [5.74, 6) is -2.41. The van der Waals surface area contributed by atoms with E-state index in [1.807, 2.05) is 36.4 Å². The van der Waals surface area contributed by atoms with Crippen LogP contribution in [0.15, 0.2) is 103 Å². The van der Waals surface area contributed by atoms with Crippen LogP contribution in [0.25, 0.3) is 11.1 Å². The Balaban J connectivity index is 1.12. The quantitative estimate of drug-likeness (QED) is 0.271. The maximum Gasteiger partial charge on any atom is 0.337 e. The van der Waals surface area contributed by atoms with Crippen LogP contribution in [0.5, 0.6) is 0 Å². The normalized spacial score (nSPS) is 13.6. The van der Waals surface area contributed by atoms with Gasteiger partial charge in [-0.05, 0) is 46.5 Å². The number of carbonyl (C=O) groups excluding carboxylic acids is 2. The molecule has 4 aromatic rings. The smallest absolute Gasteiger partial charge is 0.337 e. The number of amides is 2. The number of halogens is 1. The zero-order chi connectivity index (χ0) is 30.2. The molecule has 0 aliphatic carbocycles. The second kappa shape index (κ2) is 13.9. The van der Waals surface area contributed by atoms with Gasteiger partial charge in [-0.3, -0.25) is 14.5 Å². The minimum absolute atomic E-state index is 0.0834. The Bertz CT molecular complexity index is 1520. The molecule has 9 heteroatoms. The Morgan fingerprint density at radius 2 is 1.35 bits per heavy atom. The van der Waals surface area contributed by atoms with E-state index in [-0.39, 0.29) is 29.8 Å². The maximum absolute atomic E-state index is 13.3. The van der Waals surface area contributed by atoms with Crippen LogP contribution in [-0.2, 0) is 14.3 Å². The number of aromatic carboxylic acids is 1. The van der Waals surface area contributed by atoms with Crippen LogP contribution >= 0.6 is 0 Å². The molecule has 5 rings (SSSR count). The monoisotopic (exact) mass is 581 g/mol. The fourth-order valence-electron chi connectivity index (χ4n) is 5.27. The minimum atomic E-state index is -1.23. The van der Waals surface area contributed by atoms with Gasteiger partial charge in [0, 0.05) is 26.2 Å². The van der Waals surface area contributed by atoms with E-state index >= 15 is 0 Å². The lowest BCUT2D eigenvalue weighted by atomic mass is 9.96. The number of benzene rings is 4. The van der Waals surface area contributed by atoms with Crippen LogP contribution in [0.2, 0.25) is 0 Å². The van der Waals surface area contributed by atoms with Crippen molar-refractivity contribution in [3.05, 3.63) is 126 Å². The Morgan fingerprint density at radius 1 is 0.767 bits per heavy atom. The number of nitrogens with one attached hydrogen (secondary N) is 1. The zero-order valence-corrected chi connectivity index (χ0v) is 23.5. The van der Waals surface area contributed by atoms with Crippen molar-refractivity contribution >= 4 is 23.5 Å². The Labute approximate surface area is 249 Å². The Morgan fingerprint density at radius 3 is 1.93 bits per heavy atom. The minimum Gasteiger partial charge on any atom is -0.478 e. The van der Waals surface area contributed by atoms with Crippen LogP contribution in [-0.4, -0.2) is 72.1 Å². The van der Waals surface area contributed by atoms with Crippen molar-refractivity contribution in [1.82, 2.24) is 9.80 Å². The van der Waals surface area contributed by atoms with Gasteiger partial charge in [0.05, 0.1) is 17.3 Å². The van der Waals surface area contributed by atoms with Crippen molar-refractivity contribution in [2.24, 2.45) is 0 Å². The molecule has 2 N–H and O–H groups in total. The van der Waals surface area contributed by atoms with E-state index < -0.39 is 24.3 Å². The van der Waals surface area contributed by atoms with E-state index in [2.05, 4.69) is 34.5 Å². The van der Waals surface area contributed by atoms with Crippen molar-refractivity contribution in [2.45, 2.75) is 6.04 Å². The molecule has 0 unspecified atom stereocenters. The number of ether oxygens (including phenoxy) is 1. The molecule has 0 atom stereocenters. The molecule has 1 saturated heterocycles. The van der Waals surface area contributed by atoms with Gasteiger partial charge in [-0.15, -0.1) is 0 Å². The van der Waals surface area contributed by atoms with Crippen LogP contribution in [0, 0.1) is 5.82 Å². The van der Waals surface area contributed by atoms with Crippen molar-refractivity contribution in [2.75, 3.05) is 44.7 Å². The molecule has 4 aromatic carbocycles. The standard InChI is InChI=1S/C34H32FN3O5/c35-28-14-11-24(12-15-28)27-13-16-30(29(21-27)34(41)42)36-31(39)22-43-23-32(40)37-17-19-38(20-18-37)33(25-7-3-1-4-8-25)26-9-5-2-6-10-26/h1-16,21,33H,17-20,22-23H2,(H,36,39)(H,41,42). The van der Waals surface area contributed by atoms with E-state index in [1.165, 1.54) is 35.4 Å². The molecular weight excluding hydrogens is 549 g/mol. The molecular formula is C34H32FN3O5. The second-order valence-corrected chi connectivity index (χ2v) is 10.3. The first-order chi connectivity index (χ1) is 20.9. The van der Waals surface area contributed by atoms with E-state index in [9.17, 15) is 23.9 Å². The summed E-state index contributed by atoms with van der Waals surface area (Å²) in [6.45, 7) is 1.77. The van der Waals surface area contributed by atoms with Crippen molar-refractivity contribution in [3.63, 3.8) is 0 Å². The lowest BCUT2D eigenvalue weighted by Crippen LogP contribution is -2.50. The molecule has 1 fully saturated rings. The number of rotatable bonds is 10. The SMILES string of the molecule is O=C(COCC(=O)N1CCN(C(c2ccccc2)c2ccccc2)CC1)Nc1ccc(-c2ccc(F)cc2)cc1C(=O)O. The number of nitrogens with zero attached hydrogens (tertiary/aromatic N) is 2. The predicted octanol–water partition coefficient (Wildman–Crippen LogP) is 5.08. The van der Waals surface area contributed by atoms with E-state index in [0.717, 1.165) is 0 Å². The summed E-state index contributed by atoms with van der Waals surface area (Å²) >= 11 is 0. The Kier molecular flexibility index (Phi) is 9.56. The summed E-state index contributed by atoms with van der Waals surface area (Å²) in [6.07, 6.45) is 0. The summed E-state index contributed by atoms with van der Waals surface area (Å²) < 4.78 is 18.7. The molecule has 0 saturated carbocycles.